The number of aryl methyl sites for hydroxylation is 1. The van der Waals surface area contributed by atoms with Gasteiger partial charge in [0.15, 0.2) is 9.84 Å². The molecule has 1 aromatic heterocycles. The normalized spacial score (nSPS) is 13.9. The zero-order valence-corrected chi connectivity index (χ0v) is 10.9. The Hall–Kier alpha value is -0.810. The first-order chi connectivity index (χ1) is 7.44. The molecule has 0 saturated carbocycles. The SMILES string of the molecule is CCS(=O)(=O)CC(C)NCc1cccn1C. The summed E-state index contributed by atoms with van der Waals surface area (Å²) in [4.78, 5) is 0. The Kier molecular flexibility index (Phi) is 4.56. The summed E-state index contributed by atoms with van der Waals surface area (Å²) in [5.41, 5.74) is 1.15. The van der Waals surface area contributed by atoms with Crippen LogP contribution in [0.15, 0.2) is 18.3 Å². The molecule has 1 atom stereocenters. The minimum atomic E-state index is -2.89. The predicted molar refractivity (Wildman–Crippen MR) is 66.0 cm³/mol. The van der Waals surface area contributed by atoms with Gasteiger partial charge in [-0.1, -0.05) is 6.92 Å². The minimum absolute atomic E-state index is 0.0140. The third-order valence-corrected chi connectivity index (χ3v) is 4.51. The van der Waals surface area contributed by atoms with Crippen LogP contribution in [-0.4, -0.2) is 30.5 Å². The van der Waals surface area contributed by atoms with E-state index >= 15 is 0 Å². The van der Waals surface area contributed by atoms with E-state index < -0.39 is 9.84 Å². The molecule has 1 aromatic rings. The van der Waals surface area contributed by atoms with Crippen LogP contribution in [0.4, 0.5) is 0 Å². The molecule has 92 valence electrons. The molecule has 0 amide bonds. The maximum atomic E-state index is 11.4. The van der Waals surface area contributed by atoms with Crippen LogP contribution >= 0.6 is 0 Å². The second kappa shape index (κ2) is 5.50. The van der Waals surface area contributed by atoms with Gasteiger partial charge < -0.3 is 9.88 Å². The minimum Gasteiger partial charge on any atom is -0.353 e. The van der Waals surface area contributed by atoms with Crippen molar-refractivity contribution in [3.8, 4) is 0 Å². The lowest BCUT2D eigenvalue weighted by Crippen LogP contribution is -2.33. The number of aromatic nitrogens is 1. The molecule has 1 rings (SSSR count). The third-order valence-electron chi connectivity index (χ3n) is 2.63. The Morgan fingerprint density at radius 1 is 1.50 bits per heavy atom. The second-order valence-electron chi connectivity index (χ2n) is 4.09. The molecule has 0 aliphatic heterocycles. The van der Waals surface area contributed by atoms with E-state index in [-0.39, 0.29) is 17.5 Å². The maximum absolute atomic E-state index is 11.4. The third kappa shape index (κ3) is 3.98. The topological polar surface area (TPSA) is 51.1 Å². The zero-order chi connectivity index (χ0) is 12.2. The van der Waals surface area contributed by atoms with Crippen LogP contribution in [0.5, 0.6) is 0 Å². The van der Waals surface area contributed by atoms with Crippen LogP contribution in [0.1, 0.15) is 19.5 Å². The fraction of sp³-hybridized carbons (Fsp3) is 0.636. The van der Waals surface area contributed by atoms with Gasteiger partial charge in [0.1, 0.15) is 0 Å². The van der Waals surface area contributed by atoms with Gasteiger partial charge in [-0.3, -0.25) is 0 Å². The van der Waals surface area contributed by atoms with Gasteiger partial charge in [-0.25, -0.2) is 8.42 Å². The number of hydrogen-bond donors (Lipinski definition) is 1. The fourth-order valence-corrected chi connectivity index (χ4v) is 2.63. The molecule has 1 unspecified atom stereocenters. The number of hydrogen-bond acceptors (Lipinski definition) is 3. The monoisotopic (exact) mass is 244 g/mol. The Labute approximate surface area is 97.6 Å². The van der Waals surface area contributed by atoms with Crippen LogP contribution in [0.3, 0.4) is 0 Å². The van der Waals surface area contributed by atoms with Crippen molar-refractivity contribution in [3.05, 3.63) is 24.0 Å². The van der Waals surface area contributed by atoms with E-state index in [4.69, 9.17) is 0 Å². The molecule has 0 fully saturated rings. The highest BCUT2D eigenvalue weighted by atomic mass is 32.2. The summed E-state index contributed by atoms with van der Waals surface area (Å²) in [6.45, 7) is 4.28. The molecule has 1 heterocycles. The first kappa shape index (κ1) is 13.3. The fourth-order valence-electron chi connectivity index (χ4n) is 1.52. The van der Waals surface area contributed by atoms with Crippen LogP contribution in [0, 0.1) is 0 Å². The molecule has 0 saturated heterocycles. The highest BCUT2D eigenvalue weighted by Crippen LogP contribution is 2.00. The van der Waals surface area contributed by atoms with Crippen molar-refractivity contribution >= 4 is 9.84 Å². The summed E-state index contributed by atoms with van der Waals surface area (Å²) >= 11 is 0. The Bertz CT molecular complexity index is 423. The molecule has 0 aliphatic carbocycles. The number of rotatable bonds is 6. The van der Waals surface area contributed by atoms with Crippen molar-refractivity contribution in [2.24, 2.45) is 7.05 Å². The molecule has 0 aliphatic rings. The molecule has 0 aromatic carbocycles. The number of nitrogens with zero attached hydrogens (tertiary/aromatic N) is 1. The molecular weight excluding hydrogens is 224 g/mol. The summed E-state index contributed by atoms with van der Waals surface area (Å²) < 4.78 is 24.8. The van der Waals surface area contributed by atoms with Crippen LogP contribution < -0.4 is 5.32 Å². The molecule has 0 spiro atoms. The van der Waals surface area contributed by atoms with E-state index in [0.717, 1.165) is 5.69 Å². The average molecular weight is 244 g/mol. The van der Waals surface area contributed by atoms with E-state index in [1.807, 2.05) is 36.9 Å². The van der Waals surface area contributed by atoms with Crippen molar-refractivity contribution in [2.75, 3.05) is 11.5 Å². The van der Waals surface area contributed by atoms with Crippen molar-refractivity contribution in [2.45, 2.75) is 26.4 Å². The van der Waals surface area contributed by atoms with Crippen LogP contribution in [-0.2, 0) is 23.4 Å². The first-order valence-corrected chi connectivity index (χ1v) is 7.30. The summed E-state index contributed by atoms with van der Waals surface area (Å²) in [7, 11) is -0.913. The van der Waals surface area contributed by atoms with E-state index in [1.54, 1.807) is 6.92 Å². The lowest BCUT2D eigenvalue weighted by Gasteiger charge is -2.13. The quantitative estimate of drug-likeness (QED) is 0.810. The van der Waals surface area contributed by atoms with Crippen molar-refractivity contribution in [1.29, 1.82) is 0 Å². The number of sulfone groups is 1. The van der Waals surface area contributed by atoms with Gasteiger partial charge in [-0.15, -0.1) is 0 Å². The lowest BCUT2D eigenvalue weighted by molar-refractivity contribution is 0.548. The van der Waals surface area contributed by atoms with Gasteiger partial charge in [-0.05, 0) is 19.1 Å². The van der Waals surface area contributed by atoms with Gasteiger partial charge in [0, 0.05) is 37.3 Å². The van der Waals surface area contributed by atoms with E-state index in [0.29, 0.717) is 6.54 Å². The molecule has 1 N–H and O–H groups in total. The van der Waals surface area contributed by atoms with Crippen molar-refractivity contribution < 1.29 is 8.42 Å². The second-order valence-corrected chi connectivity index (χ2v) is 6.49. The Balaban J connectivity index is 2.42. The van der Waals surface area contributed by atoms with Gasteiger partial charge in [0.05, 0.1) is 5.75 Å². The molecule has 16 heavy (non-hydrogen) atoms. The molecular formula is C11H20N2O2S. The summed E-state index contributed by atoms with van der Waals surface area (Å²) in [5, 5.41) is 3.22. The molecule has 0 bridgehead atoms. The smallest absolute Gasteiger partial charge is 0.151 e. The van der Waals surface area contributed by atoms with Gasteiger partial charge in [0.2, 0.25) is 0 Å². The summed E-state index contributed by atoms with van der Waals surface area (Å²) in [5.74, 6) is 0.414. The van der Waals surface area contributed by atoms with Crippen molar-refractivity contribution in [3.63, 3.8) is 0 Å². The molecule has 5 heteroatoms. The Morgan fingerprint density at radius 3 is 2.69 bits per heavy atom. The largest absolute Gasteiger partial charge is 0.353 e. The maximum Gasteiger partial charge on any atom is 0.151 e. The van der Waals surface area contributed by atoms with Crippen LogP contribution in [0.25, 0.3) is 0 Å². The van der Waals surface area contributed by atoms with Gasteiger partial charge in [0.25, 0.3) is 0 Å². The van der Waals surface area contributed by atoms with E-state index in [9.17, 15) is 8.42 Å². The van der Waals surface area contributed by atoms with Gasteiger partial charge in [-0.2, -0.15) is 0 Å². The van der Waals surface area contributed by atoms with Crippen LogP contribution in [0.2, 0.25) is 0 Å². The molecule has 0 radical (unpaired) electrons. The predicted octanol–water partition coefficient (Wildman–Crippen LogP) is 0.938. The molecule has 4 nitrogen and oxygen atoms in total. The highest BCUT2D eigenvalue weighted by Gasteiger charge is 2.13. The lowest BCUT2D eigenvalue weighted by atomic mass is 10.3. The van der Waals surface area contributed by atoms with E-state index in [1.165, 1.54) is 0 Å². The summed E-state index contributed by atoms with van der Waals surface area (Å²) in [6, 6.07) is 3.98. The first-order valence-electron chi connectivity index (χ1n) is 5.48. The highest BCUT2D eigenvalue weighted by molar-refractivity contribution is 7.91. The average Bonchev–Trinajstić information content (AvgIpc) is 2.60. The Morgan fingerprint density at radius 2 is 2.19 bits per heavy atom. The van der Waals surface area contributed by atoms with Crippen molar-refractivity contribution in [1.82, 2.24) is 9.88 Å². The summed E-state index contributed by atoms with van der Waals surface area (Å²) in [6.07, 6.45) is 1.98. The zero-order valence-electron chi connectivity index (χ0n) is 10.1. The van der Waals surface area contributed by atoms with E-state index in [2.05, 4.69) is 5.32 Å². The van der Waals surface area contributed by atoms with Gasteiger partial charge >= 0.3 is 0 Å². The number of nitrogens with one attached hydrogen (secondary N) is 1. The standard InChI is InChI=1S/C11H20N2O2S/c1-4-16(14,15)9-10(2)12-8-11-6-5-7-13(11)3/h5-7,10,12H,4,8-9H2,1-3H3.